The lowest BCUT2D eigenvalue weighted by atomic mass is 10.1. The molecule has 1 aliphatic heterocycles. The second kappa shape index (κ2) is 13.1. The first-order valence-corrected chi connectivity index (χ1v) is 14.1. The van der Waals surface area contributed by atoms with Gasteiger partial charge in [-0.3, -0.25) is 4.98 Å². The van der Waals surface area contributed by atoms with Gasteiger partial charge < -0.3 is 25.0 Å². The highest BCUT2D eigenvalue weighted by molar-refractivity contribution is 7.89. The average Bonchev–Trinajstić information content (AvgIpc) is 2.89. The van der Waals surface area contributed by atoms with Crippen molar-refractivity contribution in [2.75, 3.05) is 52.3 Å². The van der Waals surface area contributed by atoms with Crippen LogP contribution in [-0.4, -0.2) is 81.6 Å². The number of pyridine rings is 1. The molecule has 1 fully saturated rings. The van der Waals surface area contributed by atoms with E-state index >= 15 is 0 Å². The Labute approximate surface area is 220 Å². The zero-order valence-electron chi connectivity index (χ0n) is 22.4. The van der Waals surface area contributed by atoms with E-state index in [-0.39, 0.29) is 17.0 Å². The molecular formula is C26H39N5O5S. The summed E-state index contributed by atoms with van der Waals surface area (Å²) in [4.78, 5) is 19.2. The van der Waals surface area contributed by atoms with Crippen molar-refractivity contribution < 1.29 is 22.7 Å². The Morgan fingerprint density at radius 2 is 1.81 bits per heavy atom. The third kappa shape index (κ3) is 7.33. The smallest absolute Gasteiger partial charge is 0.319 e. The molecule has 0 radical (unpaired) electrons. The molecule has 10 nitrogen and oxygen atoms in total. The number of likely N-dealkylation sites (tertiary alicyclic amines) is 1. The van der Waals surface area contributed by atoms with Crippen molar-refractivity contribution in [3.05, 3.63) is 41.7 Å². The van der Waals surface area contributed by atoms with Crippen LogP contribution in [0.25, 0.3) is 0 Å². The van der Waals surface area contributed by atoms with E-state index in [0.29, 0.717) is 31.1 Å². The Kier molecular flexibility index (Phi) is 10.1. The summed E-state index contributed by atoms with van der Waals surface area (Å²) in [5.41, 5.74) is 2.54. The molecule has 2 aromatic rings. The van der Waals surface area contributed by atoms with Crippen LogP contribution in [0.4, 0.5) is 10.5 Å². The first-order valence-electron chi connectivity index (χ1n) is 12.7. The molecule has 3 rings (SSSR count). The van der Waals surface area contributed by atoms with Gasteiger partial charge >= 0.3 is 6.03 Å². The molecule has 0 atom stereocenters. The monoisotopic (exact) mass is 533 g/mol. The molecule has 1 aromatic heterocycles. The average molecular weight is 534 g/mol. The number of nitrogens with zero attached hydrogens (tertiary/aromatic N) is 3. The molecule has 2 amide bonds. The lowest BCUT2D eigenvalue weighted by Crippen LogP contribution is -2.48. The fourth-order valence-corrected chi connectivity index (χ4v) is 6.37. The predicted octanol–water partition coefficient (Wildman–Crippen LogP) is 3.27. The van der Waals surface area contributed by atoms with Crippen molar-refractivity contribution in [1.82, 2.24) is 19.5 Å². The van der Waals surface area contributed by atoms with Crippen molar-refractivity contribution >= 4 is 21.7 Å². The summed E-state index contributed by atoms with van der Waals surface area (Å²) < 4.78 is 39.0. The number of methoxy groups -OCH3 is 2. The predicted molar refractivity (Wildman–Crippen MR) is 144 cm³/mol. The first-order chi connectivity index (χ1) is 17.7. The number of amides is 2. The topological polar surface area (TPSA) is 113 Å². The first kappa shape index (κ1) is 28.7. The summed E-state index contributed by atoms with van der Waals surface area (Å²) in [6, 6.07) is 8.08. The van der Waals surface area contributed by atoms with Gasteiger partial charge in [0.1, 0.15) is 0 Å². The standard InChI is InChI=1S/C26H39N5O5S/c1-6-20-17-21(16-19(3)28-20)29-26(32)27-12-15-30-13-10-22(11-14-30)31(7-2)37(33,34)23-8-9-24(35-4)25(18-23)36-5/h8-9,16-18,22H,6-7,10-15H2,1-5H3,(H2,27,28,29,32). The van der Waals surface area contributed by atoms with E-state index < -0.39 is 10.0 Å². The number of sulfonamides is 1. The van der Waals surface area contributed by atoms with Gasteiger partial charge in [0.2, 0.25) is 10.0 Å². The van der Waals surface area contributed by atoms with Crippen LogP contribution < -0.4 is 20.1 Å². The SMILES string of the molecule is CCc1cc(NC(=O)NCCN2CCC(N(CC)S(=O)(=O)c3ccc(OC)c(OC)c3)CC2)cc(C)n1. The molecule has 0 bridgehead atoms. The number of ether oxygens (including phenoxy) is 2. The molecule has 204 valence electrons. The number of aryl methyl sites for hydroxylation is 2. The fourth-order valence-electron chi connectivity index (χ4n) is 4.66. The van der Waals surface area contributed by atoms with E-state index in [1.54, 1.807) is 16.4 Å². The van der Waals surface area contributed by atoms with Crippen LogP contribution in [0.2, 0.25) is 0 Å². The van der Waals surface area contributed by atoms with Crippen LogP contribution in [0.3, 0.4) is 0 Å². The Morgan fingerprint density at radius 3 is 2.43 bits per heavy atom. The molecule has 0 spiro atoms. The van der Waals surface area contributed by atoms with Crippen LogP contribution in [-0.2, 0) is 16.4 Å². The second-order valence-electron chi connectivity index (χ2n) is 9.02. The van der Waals surface area contributed by atoms with E-state index in [1.165, 1.54) is 20.3 Å². The molecule has 1 aromatic carbocycles. The number of hydrogen-bond donors (Lipinski definition) is 2. The van der Waals surface area contributed by atoms with Crippen molar-refractivity contribution in [1.29, 1.82) is 0 Å². The molecule has 2 N–H and O–H groups in total. The summed E-state index contributed by atoms with van der Waals surface area (Å²) in [7, 11) is -0.676. The zero-order chi connectivity index (χ0) is 27.0. The number of rotatable bonds is 11. The van der Waals surface area contributed by atoms with E-state index in [2.05, 4.69) is 20.5 Å². The summed E-state index contributed by atoms with van der Waals surface area (Å²) >= 11 is 0. The number of aromatic nitrogens is 1. The summed E-state index contributed by atoms with van der Waals surface area (Å²) in [6.07, 6.45) is 2.25. The summed E-state index contributed by atoms with van der Waals surface area (Å²) in [5, 5.41) is 5.78. The van der Waals surface area contributed by atoms with Gasteiger partial charge in [-0.05, 0) is 63.5 Å². The largest absolute Gasteiger partial charge is 0.493 e. The minimum atomic E-state index is -3.68. The fraction of sp³-hybridized carbons (Fsp3) is 0.538. The quantitative estimate of drug-likeness (QED) is 0.456. The van der Waals surface area contributed by atoms with Gasteiger partial charge in [0.15, 0.2) is 11.5 Å². The van der Waals surface area contributed by atoms with Crippen molar-refractivity contribution in [2.45, 2.75) is 51.0 Å². The highest BCUT2D eigenvalue weighted by Crippen LogP contribution is 2.32. The van der Waals surface area contributed by atoms with E-state index in [4.69, 9.17) is 9.47 Å². The van der Waals surface area contributed by atoms with E-state index in [1.807, 2.05) is 32.9 Å². The van der Waals surface area contributed by atoms with Crippen LogP contribution in [0, 0.1) is 6.92 Å². The van der Waals surface area contributed by atoms with Gasteiger partial charge in [0.25, 0.3) is 0 Å². The van der Waals surface area contributed by atoms with Crippen LogP contribution >= 0.6 is 0 Å². The summed E-state index contributed by atoms with van der Waals surface area (Å²) in [5.74, 6) is 0.873. The number of piperidine rings is 1. The minimum Gasteiger partial charge on any atom is -0.493 e. The highest BCUT2D eigenvalue weighted by atomic mass is 32.2. The number of hydrogen-bond acceptors (Lipinski definition) is 7. The van der Waals surface area contributed by atoms with Gasteiger partial charge in [-0.2, -0.15) is 4.31 Å². The molecule has 37 heavy (non-hydrogen) atoms. The number of carbonyl (C=O) groups excluding carboxylic acids is 1. The van der Waals surface area contributed by atoms with Gasteiger partial charge in [-0.25, -0.2) is 13.2 Å². The number of carbonyl (C=O) groups is 1. The molecule has 0 unspecified atom stereocenters. The number of nitrogens with one attached hydrogen (secondary N) is 2. The molecule has 2 heterocycles. The van der Waals surface area contributed by atoms with E-state index in [9.17, 15) is 13.2 Å². The van der Waals surface area contributed by atoms with Gasteiger partial charge in [0.05, 0.1) is 19.1 Å². The van der Waals surface area contributed by atoms with Gasteiger partial charge in [-0.1, -0.05) is 13.8 Å². The third-order valence-corrected chi connectivity index (χ3v) is 8.60. The highest BCUT2D eigenvalue weighted by Gasteiger charge is 2.33. The Morgan fingerprint density at radius 1 is 1.11 bits per heavy atom. The maximum Gasteiger partial charge on any atom is 0.319 e. The molecule has 1 saturated heterocycles. The number of urea groups is 1. The maximum atomic E-state index is 13.4. The molecule has 0 aliphatic carbocycles. The summed E-state index contributed by atoms with van der Waals surface area (Å²) in [6.45, 7) is 8.90. The minimum absolute atomic E-state index is 0.0849. The van der Waals surface area contributed by atoms with Crippen molar-refractivity contribution in [2.24, 2.45) is 0 Å². The zero-order valence-corrected chi connectivity index (χ0v) is 23.2. The number of anilines is 1. The molecule has 1 aliphatic rings. The van der Waals surface area contributed by atoms with Gasteiger partial charge in [-0.15, -0.1) is 0 Å². The Balaban J connectivity index is 1.50. The van der Waals surface area contributed by atoms with Crippen LogP contribution in [0.5, 0.6) is 11.5 Å². The third-order valence-electron chi connectivity index (χ3n) is 6.58. The van der Waals surface area contributed by atoms with Crippen LogP contribution in [0.15, 0.2) is 35.2 Å². The second-order valence-corrected chi connectivity index (χ2v) is 10.9. The van der Waals surface area contributed by atoms with Crippen LogP contribution in [0.1, 0.15) is 38.1 Å². The van der Waals surface area contributed by atoms with Gasteiger partial charge in [0, 0.05) is 48.8 Å². The van der Waals surface area contributed by atoms with Crippen molar-refractivity contribution in [3.8, 4) is 11.5 Å². The molecule has 0 saturated carbocycles. The molecule has 11 heteroatoms. The maximum absolute atomic E-state index is 13.4. The Bertz CT molecular complexity index is 1170. The molecular weight excluding hydrogens is 494 g/mol. The van der Waals surface area contributed by atoms with E-state index in [0.717, 1.165) is 49.4 Å². The lowest BCUT2D eigenvalue weighted by molar-refractivity contribution is 0.162. The normalized spacial score (nSPS) is 15.0. The van der Waals surface area contributed by atoms with Crippen molar-refractivity contribution in [3.63, 3.8) is 0 Å². The number of benzene rings is 1. The lowest BCUT2D eigenvalue weighted by Gasteiger charge is -2.37. The Hall–Kier alpha value is -2.89.